The summed E-state index contributed by atoms with van der Waals surface area (Å²) < 4.78 is 4.55. The topological polar surface area (TPSA) is 39.3 Å². The van der Waals surface area contributed by atoms with E-state index in [0.29, 0.717) is 6.04 Å². The van der Waals surface area contributed by atoms with Crippen molar-refractivity contribution in [3.05, 3.63) is 63.2 Å². The van der Waals surface area contributed by atoms with Crippen LogP contribution < -0.4 is 10.1 Å². The van der Waals surface area contributed by atoms with Crippen molar-refractivity contribution in [3.8, 4) is 0 Å². The van der Waals surface area contributed by atoms with Gasteiger partial charge in [0.25, 0.3) is 5.56 Å². The predicted octanol–water partition coefficient (Wildman–Crippen LogP) is 2.84. The predicted molar refractivity (Wildman–Crippen MR) is 90.4 cm³/mol. The fourth-order valence-electron chi connectivity index (χ4n) is 2.60. The number of thiazole rings is 1. The Hall–Kier alpha value is -2.40. The van der Waals surface area contributed by atoms with Crippen LogP contribution in [0.5, 0.6) is 0 Å². The molecule has 0 fully saturated rings. The molecule has 3 aromatic heterocycles. The number of fused-ring (bicyclic) bond motifs is 3. The second-order valence-corrected chi connectivity index (χ2v) is 6.63. The summed E-state index contributed by atoms with van der Waals surface area (Å²) >= 11 is 1.44. The fraction of sp³-hybridized carbons (Fsp3) is 0.176. The van der Waals surface area contributed by atoms with E-state index in [1.54, 1.807) is 4.40 Å². The molecule has 0 aliphatic rings. The zero-order valence-corrected chi connectivity index (χ0v) is 13.2. The molecule has 0 spiro atoms. The molecule has 0 N–H and O–H groups in total. The number of para-hydroxylation sites is 2. The van der Waals surface area contributed by atoms with Crippen LogP contribution >= 0.6 is 11.3 Å². The molecule has 0 aliphatic carbocycles. The van der Waals surface area contributed by atoms with E-state index in [0.717, 1.165) is 26.1 Å². The molecule has 0 radical (unpaired) electrons. The van der Waals surface area contributed by atoms with Crippen LogP contribution in [0.15, 0.2) is 47.5 Å². The highest BCUT2D eigenvalue weighted by atomic mass is 32.1. The second kappa shape index (κ2) is 4.81. The van der Waals surface area contributed by atoms with Gasteiger partial charge in [-0.25, -0.2) is 9.38 Å². The number of aromatic nitrogens is 3. The van der Waals surface area contributed by atoms with E-state index in [2.05, 4.69) is 29.6 Å². The van der Waals surface area contributed by atoms with Gasteiger partial charge in [0.05, 0.1) is 15.6 Å². The molecule has 0 atom stereocenters. The van der Waals surface area contributed by atoms with E-state index >= 15 is 0 Å². The normalized spacial score (nSPS) is 13.0. The smallest absolute Gasteiger partial charge is 0.274 e. The lowest BCUT2D eigenvalue weighted by atomic mass is 10.3. The van der Waals surface area contributed by atoms with Crippen molar-refractivity contribution in [1.29, 1.82) is 0 Å². The molecule has 0 unspecified atom stereocenters. The summed E-state index contributed by atoms with van der Waals surface area (Å²) in [7, 11) is 0. The van der Waals surface area contributed by atoms with Crippen molar-refractivity contribution in [2.75, 3.05) is 0 Å². The number of hydrogen-bond donors (Lipinski definition) is 0. The Morgan fingerprint density at radius 1 is 1.23 bits per heavy atom. The van der Waals surface area contributed by atoms with Crippen LogP contribution in [0, 0.1) is 0 Å². The average Bonchev–Trinajstić information content (AvgIpc) is 3.16. The summed E-state index contributed by atoms with van der Waals surface area (Å²) in [5.41, 5.74) is 2.78. The average molecular weight is 309 g/mol. The van der Waals surface area contributed by atoms with Crippen LogP contribution in [0.3, 0.4) is 0 Å². The molecule has 3 heterocycles. The molecule has 22 heavy (non-hydrogen) atoms. The summed E-state index contributed by atoms with van der Waals surface area (Å²) in [6.45, 7) is 4.27. The van der Waals surface area contributed by atoms with Gasteiger partial charge in [0.15, 0.2) is 4.96 Å². The first kappa shape index (κ1) is 13.3. The highest BCUT2D eigenvalue weighted by Gasteiger charge is 2.10. The maximum Gasteiger partial charge on any atom is 0.274 e. The Kier molecular flexibility index (Phi) is 2.90. The van der Waals surface area contributed by atoms with Crippen LogP contribution in [0.4, 0.5) is 0 Å². The summed E-state index contributed by atoms with van der Waals surface area (Å²) in [5, 5.41) is 0. The minimum Gasteiger partial charge on any atom is -0.351 e. The minimum atomic E-state index is 0.00555. The molecule has 0 saturated heterocycles. The maximum absolute atomic E-state index is 12.6. The Labute approximate surface area is 130 Å². The molecule has 0 saturated carbocycles. The van der Waals surface area contributed by atoms with Crippen molar-refractivity contribution >= 4 is 33.4 Å². The van der Waals surface area contributed by atoms with Gasteiger partial charge in [-0.15, -0.1) is 0 Å². The minimum absolute atomic E-state index is 0.00555. The van der Waals surface area contributed by atoms with Crippen molar-refractivity contribution < 1.29 is 0 Å². The molecular weight excluding hydrogens is 294 g/mol. The number of nitrogens with zero attached hydrogens (tertiary/aromatic N) is 3. The van der Waals surface area contributed by atoms with Crippen LogP contribution in [0.1, 0.15) is 25.5 Å². The van der Waals surface area contributed by atoms with Gasteiger partial charge >= 0.3 is 0 Å². The third-order valence-electron chi connectivity index (χ3n) is 3.78. The molecule has 0 aliphatic heterocycles. The Bertz CT molecular complexity index is 1080. The van der Waals surface area contributed by atoms with Crippen molar-refractivity contribution in [2.45, 2.75) is 19.9 Å². The van der Waals surface area contributed by atoms with E-state index in [9.17, 15) is 4.79 Å². The van der Waals surface area contributed by atoms with Gasteiger partial charge in [0.1, 0.15) is 0 Å². The van der Waals surface area contributed by atoms with E-state index < -0.39 is 0 Å². The highest BCUT2D eigenvalue weighted by Crippen LogP contribution is 2.16. The standard InChI is InChI=1S/C17H15N3OS/c1-11(2)19-8-7-12(10-19)9-15-16(21)20-14-6-4-3-5-13(14)18-17(20)22-15/h3-11H,1-2H3/b15-9+. The molecule has 0 amide bonds. The molecule has 5 heteroatoms. The van der Waals surface area contributed by atoms with E-state index in [1.807, 2.05) is 42.6 Å². The molecule has 4 rings (SSSR count). The molecule has 110 valence electrons. The van der Waals surface area contributed by atoms with Crippen LogP contribution in [-0.2, 0) is 0 Å². The molecular formula is C17H15N3OS. The number of hydrogen-bond acceptors (Lipinski definition) is 3. The first-order valence-corrected chi connectivity index (χ1v) is 8.04. The van der Waals surface area contributed by atoms with Gasteiger partial charge < -0.3 is 4.57 Å². The number of benzene rings is 1. The third-order valence-corrected chi connectivity index (χ3v) is 4.75. The lowest BCUT2D eigenvalue weighted by molar-refractivity contribution is 0.603. The first-order valence-electron chi connectivity index (χ1n) is 7.23. The summed E-state index contributed by atoms with van der Waals surface area (Å²) in [4.78, 5) is 17.9. The highest BCUT2D eigenvalue weighted by molar-refractivity contribution is 7.15. The maximum atomic E-state index is 12.6. The molecule has 4 nitrogen and oxygen atoms in total. The van der Waals surface area contributed by atoms with E-state index in [-0.39, 0.29) is 5.56 Å². The molecule has 0 bridgehead atoms. The van der Waals surface area contributed by atoms with Gasteiger partial charge in [-0.3, -0.25) is 4.79 Å². The zero-order chi connectivity index (χ0) is 15.3. The van der Waals surface area contributed by atoms with Crippen LogP contribution in [0.2, 0.25) is 0 Å². The Morgan fingerprint density at radius 3 is 2.82 bits per heavy atom. The van der Waals surface area contributed by atoms with Crippen molar-refractivity contribution in [1.82, 2.24) is 14.0 Å². The van der Waals surface area contributed by atoms with Crippen molar-refractivity contribution in [2.24, 2.45) is 0 Å². The van der Waals surface area contributed by atoms with Crippen molar-refractivity contribution in [3.63, 3.8) is 0 Å². The number of rotatable bonds is 2. The third kappa shape index (κ3) is 1.97. The lowest BCUT2D eigenvalue weighted by Gasteiger charge is -2.04. The zero-order valence-electron chi connectivity index (χ0n) is 12.4. The van der Waals surface area contributed by atoms with Gasteiger partial charge in [-0.2, -0.15) is 0 Å². The number of imidazole rings is 1. The quantitative estimate of drug-likeness (QED) is 0.571. The SMILES string of the molecule is CC(C)n1ccc(/C=c2/sc3nc4ccccc4n3c2=O)c1. The van der Waals surface area contributed by atoms with Gasteiger partial charge in [-0.1, -0.05) is 23.5 Å². The Balaban J connectivity index is 1.93. The fourth-order valence-corrected chi connectivity index (χ4v) is 3.59. The second-order valence-electron chi connectivity index (χ2n) is 5.62. The molecule has 4 aromatic rings. The lowest BCUT2D eigenvalue weighted by Crippen LogP contribution is -2.22. The van der Waals surface area contributed by atoms with Gasteiger partial charge in [0, 0.05) is 18.4 Å². The van der Waals surface area contributed by atoms with E-state index in [1.165, 1.54) is 11.3 Å². The monoisotopic (exact) mass is 309 g/mol. The summed E-state index contributed by atoms with van der Waals surface area (Å²) in [6, 6.07) is 10.2. The van der Waals surface area contributed by atoms with Crippen LogP contribution in [0.25, 0.3) is 22.1 Å². The van der Waals surface area contributed by atoms with Gasteiger partial charge in [0.2, 0.25) is 0 Å². The molecule has 1 aromatic carbocycles. The largest absolute Gasteiger partial charge is 0.351 e. The first-order chi connectivity index (χ1) is 10.6. The van der Waals surface area contributed by atoms with E-state index in [4.69, 9.17) is 0 Å². The van der Waals surface area contributed by atoms with Gasteiger partial charge in [-0.05, 0) is 43.7 Å². The summed E-state index contributed by atoms with van der Waals surface area (Å²) in [5.74, 6) is 0. The Morgan fingerprint density at radius 2 is 2.05 bits per heavy atom. The van der Waals surface area contributed by atoms with Crippen LogP contribution in [-0.4, -0.2) is 14.0 Å². The summed E-state index contributed by atoms with van der Waals surface area (Å²) in [6.07, 6.45) is 6.04.